The zero-order valence-electron chi connectivity index (χ0n) is 17.4. The molecule has 1 aliphatic rings. The number of hydrogen-bond donors (Lipinski definition) is 3. The predicted octanol–water partition coefficient (Wildman–Crippen LogP) is 0.915. The van der Waals surface area contributed by atoms with Crippen molar-refractivity contribution in [1.82, 2.24) is 35.0 Å². The Hall–Kier alpha value is -3.79. The summed E-state index contributed by atoms with van der Waals surface area (Å²) in [5.41, 5.74) is 4.61. The highest BCUT2D eigenvalue weighted by atomic mass is 16.3. The summed E-state index contributed by atoms with van der Waals surface area (Å²) in [4.78, 5) is 33.6. The Labute approximate surface area is 183 Å². The summed E-state index contributed by atoms with van der Waals surface area (Å²) < 4.78 is 1.60. The molecule has 0 aliphatic carbocycles. The standard InChI is InChI=1S/C22H23N7O3/c30-13-20(31)28-10-2-4-19(28)22(32)24-8-5-14-11-16-15(6-9-23-21(16)27-14)17-12-26-29-18(17)3-1-7-25-29/h1,3,6-7,9,11-12,19,30H,2,4-5,8,10,13H2,(H,23,27)(H,24,32)/t19-/m0/s1. The fourth-order valence-electron chi connectivity index (χ4n) is 4.36. The first-order valence-corrected chi connectivity index (χ1v) is 10.6. The van der Waals surface area contributed by atoms with E-state index in [0.29, 0.717) is 25.9 Å². The second-order valence-corrected chi connectivity index (χ2v) is 7.82. The molecule has 1 atom stereocenters. The molecule has 32 heavy (non-hydrogen) atoms. The maximum absolute atomic E-state index is 12.5. The van der Waals surface area contributed by atoms with E-state index in [9.17, 15) is 9.59 Å². The number of likely N-dealkylation sites (tertiary alicyclic amines) is 1. The highest BCUT2D eigenvalue weighted by Crippen LogP contribution is 2.30. The van der Waals surface area contributed by atoms with Crippen molar-refractivity contribution >= 4 is 28.4 Å². The van der Waals surface area contributed by atoms with Gasteiger partial charge in [0.15, 0.2) is 0 Å². The molecule has 10 heteroatoms. The van der Waals surface area contributed by atoms with Gasteiger partial charge in [-0.15, -0.1) is 0 Å². The monoisotopic (exact) mass is 433 g/mol. The van der Waals surface area contributed by atoms with Crippen LogP contribution in [0.3, 0.4) is 0 Å². The van der Waals surface area contributed by atoms with E-state index < -0.39 is 18.6 Å². The van der Waals surface area contributed by atoms with E-state index in [2.05, 4.69) is 25.5 Å². The predicted molar refractivity (Wildman–Crippen MR) is 117 cm³/mol. The van der Waals surface area contributed by atoms with Crippen molar-refractivity contribution in [2.45, 2.75) is 25.3 Å². The molecular formula is C22H23N7O3. The minimum Gasteiger partial charge on any atom is -0.387 e. The maximum atomic E-state index is 12.5. The molecule has 0 aromatic carbocycles. The molecule has 2 amide bonds. The third-order valence-corrected chi connectivity index (χ3v) is 5.89. The molecule has 1 aliphatic heterocycles. The van der Waals surface area contributed by atoms with E-state index in [1.165, 1.54) is 4.90 Å². The Kier molecular flexibility index (Phi) is 5.28. The van der Waals surface area contributed by atoms with Gasteiger partial charge in [0.05, 0.1) is 11.7 Å². The van der Waals surface area contributed by atoms with Crippen LogP contribution < -0.4 is 5.32 Å². The normalized spacial score (nSPS) is 16.2. The average molecular weight is 433 g/mol. The number of amides is 2. The van der Waals surface area contributed by atoms with Crippen molar-refractivity contribution in [1.29, 1.82) is 0 Å². The fourth-order valence-corrected chi connectivity index (χ4v) is 4.36. The lowest BCUT2D eigenvalue weighted by molar-refractivity contribution is -0.140. The van der Waals surface area contributed by atoms with Crippen LogP contribution >= 0.6 is 0 Å². The van der Waals surface area contributed by atoms with E-state index >= 15 is 0 Å². The van der Waals surface area contributed by atoms with Gasteiger partial charge in [-0.25, -0.2) is 4.98 Å². The van der Waals surface area contributed by atoms with E-state index in [1.54, 1.807) is 23.2 Å². The molecule has 164 valence electrons. The SMILES string of the molecule is O=C(NCCc1cc2c(-c3cnn4ncccc34)ccnc2[nH]1)[C@@H]1CCCN1C(=O)CO. The van der Waals surface area contributed by atoms with Gasteiger partial charge in [-0.2, -0.15) is 14.8 Å². The summed E-state index contributed by atoms with van der Waals surface area (Å²) in [6.07, 6.45) is 7.22. The summed E-state index contributed by atoms with van der Waals surface area (Å²) >= 11 is 0. The molecule has 0 saturated carbocycles. The lowest BCUT2D eigenvalue weighted by atomic mass is 10.1. The minimum absolute atomic E-state index is 0.182. The second kappa shape index (κ2) is 8.39. The zero-order chi connectivity index (χ0) is 22.1. The van der Waals surface area contributed by atoms with Crippen molar-refractivity contribution < 1.29 is 14.7 Å². The van der Waals surface area contributed by atoms with Crippen LogP contribution in [0.1, 0.15) is 18.5 Å². The molecule has 0 bridgehead atoms. The van der Waals surface area contributed by atoms with Crippen LogP contribution in [0.25, 0.3) is 27.7 Å². The summed E-state index contributed by atoms with van der Waals surface area (Å²) in [7, 11) is 0. The summed E-state index contributed by atoms with van der Waals surface area (Å²) in [5.74, 6) is -0.585. The van der Waals surface area contributed by atoms with Crippen molar-refractivity contribution in [3.63, 3.8) is 0 Å². The molecule has 4 aromatic rings. The number of hydrogen-bond acceptors (Lipinski definition) is 6. The van der Waals surface area contributed by atoms with Gasteiger partial charge in [0.25, 0.3) is 0 Å². The van der Waals surface area contributed by atoms with E-state index in [-0.39, 0.29) is 5.91 Å². The Morgan fingerprint density at radius 3 is 3.00 bits per heavy atom. The number of pyridine rings is 1. The second-order valence-electron chi connectivity index (χ2n) is 7.82. The molecule has 1 saturated heterocycles. The number of rotatable bonds is 6. The number of nitrogens with one attached hydrogen (secondary N) is 2. The van der Waals surface area contributed by atoms with Gasteiger partial charge >= 0.3 is 0 Å². The third kappa shape index (κ3) is 3.58. The van der Waals surface area contributed by atoms with Gasteiger partial charge in [0.2, 0.25) is 11.8 Å². The topological polar surface area (TPSA) is 129 Å². The van der Waals surface area contributed by atoms with Gasteiger partial charge in [-0.05, 0) is 42.7 Å². The number of aliphatic hydroxyl groups is 1. The maximum Gasteiger partial charge on any atom is 0.248 e. The Balaban J connectivity index is 1.31. The molecule has 5 rings (SSSR count). The highest BCUT2D eigenvalue weighted by Gasteiger charge is 2.33. The molecule has 3 N–H and O–H groups in total. The van der Waals surface area contributed by atoms with Crippen molar-refractivity contribution in [2.75, 3.05) is 19.7 Å². The van der Waals surface area contributed by atoms with Gasteiger partial charge in [-0.3, -0.25) is 9.59 Å². The van der Waals surface area contributed by atoms with Crippen LogP contribution in [0.4, 0.5) is 0 Å². The number of carbonyl (C=O) groups is 2. The molecule has 10 nitrogen and oxygen atoms in total. The number of aromatic nitrogens is 5. The van der Waals surface area contributed by atoms with E-state index in [1.807, 2.05) is 24.3 Å². The molecule has 5 heterocycles. The van der Waals surface area contributed by atoms with Crippen LogP contribution in [-0.4, -0.2) is 72.4 Å². The average Bonchev–Trinajstić information content (AvgIpc) is 3.55. The molecule has 4 aromatic heterocycles. The summed E-state index contributed by atoms with van der Waals surface area (Å²) in [5, 5.41) is 21.5. The summed E-state index contributed by atoms with van der Waals surface area (Å²) in [6, 6.07) is 7.34. The van der Waals surface area contributed by atoms with Crippen LogP contribution in [0.5, 0.6) is 0 Å². The van der Waals surface area contributed by atoms with Gasteiger partial charge in [-0.1, -0.05) is 0 Å². The van der Waals surface area contributed by atoms with Crippen LogP contribution in [0.15, 0.2) is 42.9 Å². The number of fused-ring (bicyclic) bond motifs is 2. The van der Waals surface area contributed by atoms with E-state index in [0.717, 1.165) is 39.8 Å². The van der Waals surface area contributed by atoms with Crippen molar-refractivity contribution in [3.8, 4) is 11.1 Å². The number of carbonyl (C=O) groups excluding carboxylic acids is 2. The van der Waals surface area contributed by atoms with Crippen LogP contribution in [-0.2, 0) is 16.0 Å². The minimum atomic E-state index is -0.572. The zero-order valence-corrected chi connectivity index (χ0v) is 17.4. The van der Waals surface area contributed by atoms with Crippen LogP contribution in [0.2, 0.25) is 0 Å². The van der Waals surface area contributed by atoms with Crippen molar-refractivity contribution in [3.05, 3.63) is 48.5 Å². The first-order chi connectivity index (χ1) is 15.7. The molecular weight excluding hydrogens is 410 g/mol. The van der Waals surface area contributed by atoms with Gasteiger partial charge in [0.1, 0.15) is 18.3 Å². The number of aliphatic hydroxyl groups excluding tert-OH is 1. The largest absolute Gasteiger partial charge is 0.387 e. The number of H-pyrrole nitrogens is 1. The third-order valence-electron chi connectivity index (χ3n) is 5.89. The Morgan fingerprint density at radius 1 is 1.22 bits per heavy atom. The highest BCUT2D eigenvalue weighted by molar-refractivity contribution is 5.97. The quantitative estimate of drug-likeness (QED) is 0.415. The van der Waals surface area contributed by atoms with Gasteiger partial charge < -0.3 is 20.3 Å². The summed E-state index contributed by atoms with van der Waals surface area (Å²) in [6.45, 7) is 0.364. The lowest BCUT2D eigenvalue weighted by Crippen LogP contribution is -2.47. The Bertz CT molecular complexity index is 1300. The molecule has 0 spiro atoms. The van der Waals surface area contributed by atoms with E-state index in [4.69, 9.17) is 5.11 Å². The first kappa shape index (κ1) is 20.1. The lowest BCUT2D eigenvalue weighted by Gasteiger charge is -2.23. The van der Waals surface area contributed by atoms with Gasteiger partial charge in [0, 0.05) is 48.5 Å². The fraction of sp³-hybridized carbons (Fsp3) is 0.318. The van der Waals surface area contributed by atoms with Crippen LogP contribution in [0, 0.1) is 0 Å². The first-order valence-electron chi connectivity index (χ1n) is 10.6. The number of nitrogens with zero attached hydrogens (tertiary/aromatic N) is 5. The molecule has 1 fully saturated rings. The smallest absolute Gasteiger partial charge is 0.248 e. The Morgan fingerprint density at radius 2 is 2.12 bits per heavy atom. The molecule has 0 radical (unpaired) electrons. The van der Waals surface area contributed by atoms with Crippen molar-refractivity contribution in [2.24, 2.45) is 0 Å². The molecule has 0 unspecified atom stereocenters. The number of aromatic amines is 1.